The molecule has 1 aliphatic heterocycles. The predicted molar refractivity (Wildman–Crippen MR) is 62.3 cm³/mol. The van der Waals surface area contributed by atoms with Crippen LogP contribution < -0.4 is 0 Å². The minimum absolute atomic E-state index is 0.618. The number of carbonyl (C=O) groups excluding carboxylic acids is 1. The molecule has 0 atom stereocenters. The van der Waals surface area contributed by atoms with Gasteiger partial charge in [0.15, 0.2) is 0 Å². The Bertz CT molecular complexity index is 356. The minimum Gasteiger partial charge on any atom is -0.385 e. The molecule has 1 fully saturated rings. The molecule has 2 rings (SSSR count). The molecule has 0 aliphatic carbocycles. The first-order valence-corrected chi connectivity index (χ1v) is 6.26. The highest BCUT2D eigenvalue weighted by atomic mass is 32.2. The van der Waals surface area contributed by atoms with E-state index in [-0.39, 0.29) is 0 Å². The van der Waals surface area contributed by atoms with Crippen molar-refractivity contribution in [3.63, 3.8) is 0 Å². The van der Waals surface area contributed by atoms with Gasteiger partial charge in [0.05, 0.1) is 5.60 Å². The molecular formula is C12H14O2S. The summed E-state index contributed by atoms with van der Waals surface area (Å²) in [6, 6.07) is 7.33. The maximum absolute atomic E-state index is 10.9. The van der Waals surface area contributed by atoms with Gasteiger partial charge in [0.1, 0.15) is 6.29 Å². The zero-order valence-electron chi connectivity index (χ0n) is 8.48. The summed E-state index contributed by atoms with van der Waals surface area (Å²) in [5.41, 5.74) is 0.621. The Balaban J connectivity index is 2.38. The van der Waals surface area contributed by atoms with E-state index in [0.29, 0.717) is 5.56 Å². The van der Waals surface area contributed by atoms with Crippen LogP contribution in [0, 0.1) is 0 Å². The number of carbonyl (C=O) groups is 1. The number of aliphatic hydroxyl groups is 1. The van der Waals surface area contributed by atoms with Crippen molar-refractivity contribution < 1.29 is 9.90 Å². The van der Waals surface area contributed by atoms with E-state index in [9.17, 15) is 9.90 Å². The zero-order valence-corrected chi connectivity index (χ0v) is 9.30. The van der Waals surface area contributed by atoms with Gasteiger partial charge >= 0.3 is 0 Å². The summed E-state index contributed by atoms with van der Waals surface area (Å²) in [4.78, 5) is 10.9. The minimum atomic E-state index is -0.789. The summed E-state index contributed by atoms with van der Waals surface area (Å²) >= 11 is 1.86. The molecule has 0 bridgehead atoms. The van der Waals surface area contributed by atoms with Crippen LogP contribution in [0.25, 0.3) is 0 Å². The molecule has 1 heterocycles. The average Bonchev–Trinajstić information content (AvgIpc) is 2.30. The van der Waals surface area contributed by atoms with Crippen molar-refractivity contribution in [1.82, 2.24) is 0 Å². The Kier molecular flexibility index (Phi) is 3.12. The van der Waals surface area contributed by atoms with Crippen LogP contribution in [0.2, 0.25) is 0 Å². The van der Waals surface area contributed by atoms with Gasteiger partial charge in [-0.1, -0.05) is 24.3 Å². The summed E-state index contributed by atoms with van der Waals surface area (Å²) < 4.78 is 0. The third kappa shape index (κ3) is 2.08. The van der Waals surface area contributed by atoms with Crippen molar-refractivity contribution in [2.75, 3.05) is 11.5 Å². The van der Waals surface area contributed by atoms with Crippen LogP contribution in [0.3, 0.4) is 0 Å². The fourth-order valence-electron chi connectivity index (χ4n) is 2.00. The molecule has 1 aromatic rings. The molecular weight excluding hydrogens is 208 g/mol. The second kappa shape index (κ2) is 4.37. The van der Waals surface area contributed by atoms with E-state index in [2.05, 4.69) is 0 Å². The molecule has 3 heteroatoms. The molecule has 0 amide bonds. The first kappa shape index (κ1) is 10.7. The van der Waals surface area contributed by atoms with E-state index in [4.69, 9.17) is 0 Å². The number of aldehydes is 1. The van der Waals surface area contributed by atoms with Crippen LogP contribution in [-0.2, 0) is 5.60 Å². The summed E-state index contributed by atoms with van der Waals surface area (Å²) in [7, 11) is 0. The van der Waals surface area contributed by atoms with E-state index >= 15 is 0 Å². The van der Waals surface area contributed by atoms with Gasteiger partial charge in [0.2, 0.25) is 0 Å². The fourth-order valence-corrected chi connectivity index (χ4v) is 3.17. The van der Waals surface area contributed by atoms with Crippen LogP contribution in [-0.4, -0.2) is 22.9 Å². The Labute approximate surface area is 93.7 Å². The standard InChI is InChI=1S/C12H14O2S/c13-9-10-3-1-2-4-11(10)12(14)5-7-15-8-6-12/h1-4,9,14H,5-8H2. The van der Waals surface area contributed by atoms with E-state index in [1.807, 2.05) is 30.0 Å². The summed E-state index contributed by atoms with van der Waals surface area (Å²) in [6.07, 6.45) is 2.31. The fraction of sp³-hybridized carbons (Fsp3) is 0.417. The molecule has 2 nitrogen and oxygen atoms in total. The second-order valence-electron chi connectivity index (χ2n) is 3.85. The SMILES string of the molecule is O=Cc1ccccc1C1(O)CCSCC1. The lowest BCUT2D eigenvalue weighted by atomic mass is 9.85. The molecule has 1 N–H and O–H groups in total. The maximum atomic E-state index is 10.9. The van der Waals surface area contributed by atoms with E-state index in [0.717, 1.165) is 36.2 Å². The summed E-state index contributed by atoms with van der Waals surface area (Å²) in [5, 5.41) is 10.5. The molecule has 1 saturated heterocycles. The van der Waals surface area contributed by atoms with Crippen molar-refractivity contribution in [3.05, 3.63) is 35.4 Å². The van der Waals surface area contributed by atoms with Crippen LogP contribution in [0.5, 0.6) is 0 Å². The van der Waals surface area contributed by atoms with Crippen molar-refractivity contribution >= 4 is 18.0 Å². The van der Waals surface area contributed by atoms with Gasteiger partial charge in [0.25, 0.3) is 0 Å². The van der Waals surface area contributed by atoms with Crippen LogP contribution in [0.1, 0.15) is 28.8 Å². The highest BCUT2D eigenvalue weighted by Crippen LogP contribution is 2.36. The largest absolute Gasteiger partial charge is 0.385 e. The van der Waals surface area contributed by atoms with Crippen molar-refractivity contribution in [2.45, 2.75) is 18.4 Å². The number of hydrogen-bond donors (Lipinski definition) is 1. The second-order valence-corrected chi connectivity index (χ2v) is 5.07. The van der Waals surface area contributed by atoms with Gasteiger partial charge in [0, 0.05) is 5.56 Å². The number of hydrogen-bond acceptors (Lipinski definition) is 3. The monoisotopic (exact) mass is 222 g/mol. The average molecular weight is 222 g/mol. The molecule has 0 unspecified atom stereocenters. The zero-order chi connectivity index (χ0) is 10.7. The van der Waals surface area contributed by atoms with Gasteiger partial charge in [-0.25, -0.2) is 0 Å². The van der Waals surface area contributed by atoms with Gasteiger partial charge in [-0.3, -0.25) is 4.79 Å². The normalized spacial score (nSPS) is 19.8. The quantitative estimate of drug-likeness (QED) is 0.780. The molecule has 0 saturated carbocycles. The lowest BCUT2D eigenvalue weighted by Crippen LogP contribution is -2.31. The van der Waals surface area contributed by atoms with Gasteiger partial charge in [-0.15, -0.1) is 0 Å². The van der Waals surface area contributed by atoms with Crippen molar-refractivity contribution in [3.8, 4) is 0 Å². The van der Waals surface area contributed by atoms with Crippen LogP contribution >= 0.6 is 11.8 Å². The molecule has 0 radical (unpaired) electrons. The highest BCUT2D eigenvalue weighted by molar-refractivity contribution is 7.99. The van der Waals surface area contributed by atoms with Gasteiger partial charge < -0.3 is 5.11 Å². The Morgan fingerprint density at radius 3 is 2.60 bits per heavy atom. The third-order valence-electron chi connectivity index (χ3n) is 2.91. The molecule has 80 valence electrons. The topological polar surface area (TPSA) is 37.3 Å². The Hall–Kier alpha value is -0.800. The molecule has 15 heavy (non-hydrogen) atoms. The van der Waals surface area contributed by atoms with Gasteiger partial charge in [-0.2, -0.15) is 11.8 Å². The summed E-state index contributed by atoms with van der Waals surface area (Å²) in [5.74, 6) is 1.92. The van der Waals surface area contributed by atoms with E-state index in [1.54, 1.807) is 6.07 Å². The van der Waals surface area contributed by atoms with Gasteiger partial charge in [-0.05, 0) is 29.9 Å². The highest BCUT2D eigenvalue weighted by Gasteiger charge is 2.32. The molecule has 1 aromatic carbocycles. The first-order chi connectivity index (χ1) is 7.26. The lowest BCUT2D eigenvalue weighted by molar-refractivity contribution is 0.0274. The third-order valence-corrected chi connectivity index (χ3v) is 3.89. The Morgan fingerprint density at radius 2 is 1.93 bits per heavy atom. The molecule has 0 aromatic heterocycles. The Morgan fingerprint density at radius 1 is 1.27 bits per heavy atom. The maximum Gasteiger partial charge on any atom is 0.150 e. The van der Waals surface area contributed by atoms with Crippen molar-refractivity contribution in [2.24, 2.45) is 0 Å². The number of benzene rings is 1. The molecule has 1 aliphatic rings. The van der Waals surface area contributed by atoms with Crippen molar-refractivity contribution in [1.29, 1.82) is 0 Å². The number of thioether (sulfide) groups is 1. The lowest BCUT2D eigenvalue weighted by Gasteiger charge is -2.33. The smallest absolute Gasteiger partial charge is 0.150 e. The number of rotatable bonds is 2. The van der Waals surface area contributed by atoms with Crippen LogP contribution in [0.4, 0.5) is 0 Å². The molecule has 0 spiro atoms. The predicted octanol–water partition coefficient (Wildman–Crippen LogP) is 2.21. The summed E-state index contributed by atoms with van der Waals surface area (Å²) in [6.45, 7) is 0. The van der Waals surface area contributed by atoms with Crippen LogP contribution in [0.15, 0.2) is 24.3 Å². The first-order valence-electron chi connectivity index (χ1n) is 5.11. The van der Waals surface area contributed by atoms with E-state index < -0.39 is 5.60 Å². The van der Waals surface area contributed by atoms with E-state index in [1.165, 1.54) is 0 Å².